The van der Waals surface area contributed by atoms with Crippen molar-refractivity contribution >= 4 is 22.7 Å². The molecule has 3 N–H and O–H groups in total. The van der Waals surface area contributed by atoms with Crippen LogP contribution in [0.5, 0.6) is 0 Å². The fraction of sp³-hybridized carbons (Fsp3) is 0.435. The van der Waals surface area contributed by atoms with Crippen LogP contribution in [0.25, 0.3) is 10.9 Å². The van der Waals surface area contributed by atoms with Gasteiger partial charge in [0.2, 0.25) is 5.95 Å². The highest BCUT2D eigenvalue weighted by Crippen LogP contribution is 2.19. The summed E-state index contributed by atoms with van der Waals surface area (Å²) >= 11 is 0. The van der Waals surface area contributed by atoms with E-state index in [9.17, 15) is 9.18 Å². The number of rotatable bonds is 8. The Balaban J connectivity index is 1.61. The first kappa shape index (κ1) is 21.2. The highest BCUT2D eigenvalue weighted by Gasteiger charge is 2.15. The van der Waals surface area contributed by atoms with Crippen LogP contribution in [0, 0.1) is 5.82 Å². The second kappa shape index (κ2) is 9.43. The number of anilines is 2. The predicted molar refractivity (Wildman–Crippen MR) is 122 cm³/mol. The monoisotopic (exact) mass is 424 g/mol. The van der Waals surface area contributed by atoms with Gasteiger partial charge in [-0.2, -0.15) is 4.98 Å². The molecule has 3 aromatic rings. The lowest BCUT2D eigenvalue weighted by molar-refractivity contribution is 0.331. The van der Waals surface area contributed by atoms with Gasteiger partial charge in [0.25, 0.3) is 5.56 Å². The highest BCUT2D eigenvalue weighted by molar-refractivity contribution is 5.89. The van der Waals surface area contributed by atoms with Gasteiger partial charge in [-0.1, -0.05) is 25.5 Å². The molecule has 1 aliphatic heterocycles. The minimum Gasteiger partial charge on any atom is -0.369 e. The molecule has 0 radical (unpaired) electrons. The Kier molecular flexibility index (Phi) is 6.46. The third-order valence-electron chi connectivity index (χ3n) is 5.73. The lowest BCUT2D eigenvalue weighted by atomic mass is 10.1. The normalized spacial score (nSPS) is 14.4. The van der Waals surface area contributed by atoms with Crippen molar-refractivity contribution < 1.29 is 4.39 Å². The Labute approximate surface area is 181 Å². The minimum atomic E-state index is -0.293. The summed E-state index contributed by atoms with van der Waals surface area (Å²) < 4.78 is 16.3. The summed E-state index contributed by atoms with van der Waals surface area (Å²) in [7, 11) is 0. The molecule has 164 valence electrons. The van der Waals surface area contributed by atoms with Crippen molar-refractivity contribution in [2.45, 2.75) is 45.7 Å². The lowest BCUT2D eigenvalue weighted by Gasteiger charge is -2.15. The van der Waals surface area contributed by atoms with Crippen molar-refractivity contribution in [2.75, 3.05) is 30.7 Å². The molecule has 1 aliphatic rings. The Hall–Kier alpha value is -3.00. The average Bonchev–Trinajstić information content (AvgIpc) is 3.24. The van der Waals surface area contributed by atoms with Gasteiger partial charge in [0.05, 0.1) is 12.1 Å². The maximum absolute atomic E-state index is 14.8. The Morgan fingerprint density at radius 2 is 1.97 bits per heavy atom. The van der Waals surface area contributed by atoms with Crippen LogP contribution in [0.1, 0.15) is 43.7 Å². The Morgan fingerprint density at radius 1 is 1.16 bits per heavy atom. The summed E-state index contributed by atoms with van der Waals surface area (Å²) in [6, 6.07) is 7.03. The van der Waals surface area contributed by atoms with E-state index in [-0.39, 0.29) is 23.9 Å². The second-order valence-corrected chi connectivity index (χ2v) is 8.13. The summed E-state index contributed by atoms with van der Waals surface area (Å²) in [6.45, 7) is 5.81. The van der Waals surface area contributed by atoms with E-state index in [0.717, 1.165) is 38.0 Å². The van der Waals surface area contributed by atoms with Crippen LogP contribution in [0.15, 0.2) is 35.3 Å². The van der Waals surface area contributed by atoms with Gasteiger partial charge in [-0.05, 0) is 50.0 Å². The highest BCUT2D eigenvalue weighted by atomic mass is 19.1. The van der Waals surface area contributed by atoms with Crippen LogP contribution in [0.2, 0.25) is 0 Å². The number of likely N-dealkylation sites (tertiary alicyclic amines) is 1. The molecule has 31 heavy (non-hydrogen) atoms. The zero-order valence-corrected chi connectivity index (χ0v) is 17.9. The molecule has 8 heteroatoms. The van der Waals surface area contributed by atoms with Gasteiger partial charge in [0, 0.05) is 24.8 Å². The Morgan fingerprint density at radius 3 is 2.71 bits per heavy atom. The number of fused-ring (bicyclic) bond motifs is 1. The SMILES string of the molecule is CCCCNc1nc(N)nc2ccn(Cc3ccc(CN4CCCC4)cc3F)c(=O)c12. The van der Waals surface area contributed by atoms with E-state index in [1.807, 2.05) is 6.07 Å². The van der Waals surface area contributed by atoms with Gasteiger partial charge in [0.1, 0.15) is 17.0 Å². The largest absolute Gasteiger partial charge is 0.369 e. The third-order valence-corrected chi connectivity index (χ3v) is 5.73. The number of halogens is 1. The van der Waals surface area contributed by atoms with Gasteiger partial charge >= 0.3 is 0 Å². The van der Waals surface area contributed by atoms with Crippen molar-refractivity contribution in [2.24, 2.45) is 0 Å². The van der Waals surface area contributed by atoms with Crippen LogP contribution in [-0.4, -0.2) is 39.1 Å². The molecule has 0 aliphatic carbocycles. The summed E-state index contributed by atoms with van der Waals surface area (Å²) in [6.07, 6.45) is 6.00. The van der Waals surface area contributed by atoms with Crippen molar-refractivity contribution in [3.8, 4) is 0 Å². The zero-order valence-electron chi connectivity index (χ0n) is 17.9. The maximum Gasteiger partial charge on any atom is 0.264 e. The fourth-order valence-electron chi connectivity index (χ4n) is 4.04. The van der Waals surface area contributed by atoms with E-state index >= 15 is 0 Å². The van der Waals surface area contributed by atoms with Crippen molar-refractivity contribution in [1.29, 1.82) is 0 Å². The molecule has 4 rings (SSSR count). The summed E-state index contributed by atoms with van der Waals surface area (Å²) in [5.74, 6) is 0.249. The molecule has 0 unspecified atom stereocenters. The van der Waals surface area contributed by atoms with E-state index in [1.165, 1.54) is 17.4 Å². The zero-order chi connectivity index (χ0) is 21.8. The summed E-state index contributed by atoms with van der Waals surface area (Å²) in [4.78, 5) is 23.9. The van der Waals surface area contributed by atoms with Gasteiger partial charge < -0.3 is 15.6 Å². The third kappa shape index (κ3) is 4.85. The second-order valence-electron chi connectivity index (χ2n) is 8.13. The van der Waals surface area contributed by atoms with Crippen LogP contribution in [0.3, 0.4) is 0 Å². The smallest absolute Gasteiger partial charge is 0.264 e. The van der Waals surface area contributed by atoms with Crippen molar-refractivity contribution in [1.82, 2.24) is 19.4 Å². The predicted octanol–water partition coefficient (Wildman–Crippen LogP) is 3.37. The van der Waals surface area contributed by atoms with E-state index in [0.29, 0.717) is 28.8 Å². The molecule has 1 aromatic carbocycles. The minimum absolute atomic E-state index is 0.114. The van der Waals surface area contributed by atoms with Crippen LogP contribution in [-0.2, 0) is 13.1 Å². The number of hydrogen-bond acceptors (Lipinski definition) is 6. The first-order valence-corrected chi connectivity index (χ1v) is 11.0. The van der Waals surface area contributed by atoms with E-state index in [2.05, 4.69) is 27.1 Å². The quantitative estimate of drug-likeness (QED) is 0.539. The van der Waals surface area contributed by atoms with E-state index in [1.54, 1.807) is 24.4 Å². The first-order chi connectivity index (χ1) is 15.0. The number of unbranched alkanes of at least 4 members (excludes halogenated alkanes) is 1. The standard InChI is InChI=1S/C23H29FN6O/c1-2-3-9-26-21-20-19(27-23(25)28-21)8-12-30(22(20)31)15-17-7-6-16(13-18(17)24)14-29-10-4-5-11-29/h6-8,12-13H,2-5,9-11,14-15H2,1H3,(H3,25,26,27,28). The van der Waals surface area contributed by atoms with Gasteiger partial charge in [-0.15, -0.1) is 0 Å². The number of nitrogens with two attached hydrogens (primary N) is 1. The van der Waals surface area contributed by atoms with Crippen LogP contribution >= 0.6 is 0 Å². The molecule has 0 bridgehead atoms. The number of nitrogens with zero attached hydrogens (tertiary/aromatic N) is 4. The molecule has 3 heterocycles. The number of hydrogen-bond donors (Lipinski definition) is 2. The number of benzene rings is 1. The first-order valence-electron chi connectivity index (χ1n) is 11.0. The molecule has 0 amide bonds. The van der Waals surface area contributed by atoms with Crippen LogP contribution in [0.4, 0.5) is 16.2 Å². The van der Waals surface area contributed by atoms with Crippen LogP contribution < -0.4 is 16.6 Å². The average molecular weight is 425 g/mol. The number of aromatic nitrogens is 3. The molecule has 0 spiro atoms. The van der Waals surface area contributed by atoms with Gasteiger partial charge in [-0.3, -0.25) is 9.69 Å². The summed E-state index contributed by atoms with van der Waals surface area (Å²) in [5.41, 5.74) is 7.46. The molecule has 0 saturated carbocycles. The topological polar surface area (TPSA) is 89.1 Å². The summed E-state index contributed by atoms with van der Waals surface area (Å²) in [5, 5.41) is 3.57. The van der Waals surface area contributed by atoms with E-state index in [4.69, 9.17) is 5.73 Å². The van der Waals surface area contributed by atoms with E-state index < -0.39 is 0 Å². The number of nitrogen functional groups attached to an aromatic ring is 1. The molecule has 1 saturated heterocycles. The molecule has 0 atom stereocenters. The van der Waals surface area contributed by atoms with Gasteiger partial charge in [-0.25, -0.2) is 9.37 Å². The molecular weight excluding hydrogens is 395 g/mol. The molecular formula is C23H29FN6O. The maximum atomic E-state index is 14.8. The number of nitrogens with one attached hydrogen (secondary N) is 1. The fourth-order valence-corrected chi connectivity index (χ4v) is 4.04. The van der Waals surface area contributed by atoms with Crippen molar-refractivity contribution in [3.63, 3.8) is 0 Å². The molecule has 2 aromatic heterocycles. The lowest BCUT2D eigenvalue weighted by Crippen LogP contribution is -2.23. The molecule has 1 fully saturated rings. The number of pyridine rings is 1. The molecule has 7 nitrogen and oxygen atoms in total. The van der Waals surface area contributed by atoms with Crippen molar-refractivity contribution in [3.05, 3.63) is 57.8 Å². The van der Waals surface area contributed by atoms with Gasteiger partial charge in [0.15, 0.2) is 0 Å². The Bertz CT molecular complexity index is 1120.